The molecule has 0 atom stereocenters. The molecule has 2 aromatic heterocycles. The van der Waals surface area contributed by atoms with Crippen LogP contribution in [0.5, 0.6) is 0 Å². The van der Waals surface area contributed by atoms with Gasteiger partial charge >= 0.3 is 0 Å². The Bertz CT molecular complexity index is 758. The predicted octanol–water partition coefficient (Wildman–Crippen LogP) is 1.29. The molecule has 0 aliphatic heterocycles. The highest BCUT2D eigenvalue weighted by molar-refractivity contribution is 9.10. The first kappa shape index (κ1) is 14.0. The van der Waals surface area contributed by atoms with Crippen LogP contribution in [0.4, 0.5) is 5.69 Å². The molecule has 0 saturated carbocycles. The van der Waals surface area contributed by atoms with Crippen molar-refractivity contribution in [2.75, 3.05) is 0 Å². The molecule has 0 aliphatic rings. The van der Waals surface area contributed by atoms with Crippen LogP contribution in [0.2, 0.25) is 0 Å². The maximum absolute atomic E-state index is 11.9. The number of hydrogen-bond acceptors (Lipinski definition) is 5. The van der Waals surface area contributed by atoms with Crippen molar-refractivity contribution in [1.82, 2.24) is 14.3 Å². The van der Waals surface area contributed by atoms with Crippen molar-refractivity contribution in [3.8, 4) is 6.07 Å². The minimum atomic E-state index is -0.638. The molecule has 2 heterocycles. The van der Waals surface area contributed by atoms with Gasteiger partial charge in [-0.1, -0.05) is 0 Å². The molecule has 0 N–H and O–H groups in total. The van der Waals surface area contributed by atoms with E-state index in [4.69, 9.17) is 5.26 Å². The molecule has 9 heteroatoms. The first-order valence-corrected chi connectivity index (χ1v) is 6.27. The Balaban J connectivity index is 2.31. The van der Waals surface area contributed by atoms with Crippen LogP contribution in [0.1, 0.15) is 5.56 Å². The summed E-state index contributed by atoms with van der Waals surface area (Å²) < 4.78 is 3.52. The Morgan fingerprint density at radius 2 is 2.20 bits per heavy atom. The maximum Gasteiger partial charge on any atom is 0.287 e. The van der Waals surface area contributed by atoms with Crippen LogP contribution in [0.15, 0.2) is 33.9 Å². The monoisotopic (exact) mass is 337 g/mol. The normalized spacial score (nSPS) is 10.2. The van der Waals surface area contributed by atoms with Crippen LogP contribution in [0.3, 0.4) is 0 Å². The minimum absolute atomic E-state index is 0.184. The molecule has 0 amide bonds. The standard InChI is InChI=1S/C11H8BrN5O3/c12-9-5-14-16(6-9)2-1-15-7-10(17(19)20)3-8(4-13)11(15)18/h3,5-7H,1-2H2. The third-order valence-electron chi connectivity index (χ3n) is 2.57. The van der Waals surface area contributed by atoms with E-state index in [2.05, 4.69) is 21.0 Å². The van der Waals surface area contributed by atoms with Crippen LogP contribution < -0.4 is 5.56 Å². The molecule has 102 valence electrons. The van der Waals surface area contributed by atoms with Crippen LogP contribution in [0, 0.1) is 21.4 Å². The zero-order chi connectivity index (χ0) is 14.7. The van der Waals surface area contributed by atoms with Crippen LogP contribution in [-0.2, 0) is 13.1 Å². The number of aromatic nitrogens is 3. The SMILES string of the molecule is N#Cc1cc([N+](=O)[O-])cn(CCn2cc(Br)cn2)c1=O. The molecule has 2 aromatic rings. The number of nitriles is 1. The number of nitrogens with zero attached hydrogens (tertiary/aromatic N) is 5. The van der Waals surface area contributed by atoms with Gasteiger partial charge in [0.2, 0.25) is 0 Å². The fourth-order valence-electron chi connectivity index (χ4n) is 1.64. The molecule has 20 heavy (non-hydrogen) atoms. The van der Waals surface area contributed by atoms with Crippen molar-refractivity contribution in [3.63, 3.8) is 0 Å². The largest absolute Gasteiger partial charge is 0.306 e. The lowest BCUT2D eigenvalue weighted by Gasteiger charge is -2.06. The summed E-state index contributed by atoms with van der Waals surface area (Å²) in [7, 11) is 0. The van der Waals surface area contributed by atoms with E-state index in [-0.39, 0.29) is 17.8 Å². The van der Waals surface area contributed by atoms with Crippen molar-refractivity contribution in [1.29, 1.82) is 5.26 Å². The van der Waals surface area contributed by atoms with Gasteiger partial charge in [-0.2, -0.15) is 10.4 Å². The third kappa shape index (κ3) is 2.92. The van der Waals surface area contributed by atoms with E-state index in [1.165, 1.54) is 0 Å². The van der Waals surface area contributed by atoms with Gasteiger partial charge in [0.15, 0.2) is 0 Å². The molecule has 0 fully saturated rings. The summed E-state index contributed by atoms with van der Waals surface area (Å²) in [6.07, 6.45) is 4.44. The minimum Gasteiger partial charge on any atom is -0.306 e. The summed E-state index contributed by atoms with van der Waals surface area (Å²) in [6.45, 7) is 0.543. The summed E-state index contributed by atoms with van der Waals surface area (Å²) in [6, 6.07) is 2.64. The van der Waals surface area contributed by atoms with Crippen LogP contribution in [-0.4, -0.2) is 19.3 Å². The van der Waals surface area contributed by atoms with Gasteiger partial charge in [0.1, 0.15) is 11.6 Å². The molecular formula is C11H8BrN5O3. The van der Waals surface area contributed by atoms with E-state index in [0.29, 0.717) is 6.54 Å². The van der Waals surface area contributed by atoms with Gasteiger partial charge in [-0.3, -0.25) is 19.6 Å². The van der Waals surface area contributed by atoms with Gasteiger partial charge < -0.3 is 4.57 Å². The van der Waals surface area contributed by atoms with Crippen molar-refractivity contribution >= 4 is 21.6 Å². The quantitative estimate of drug-likeness (QED) is 0.617. The van der Waals surface area contributed by atoms with Gasteiger partial charge in [-0.25, -0.2) is 0 Å². The summed E-state index contributed by atoms with van der Waals surface area (Å²) >= 11 is 3.24. The van der Waals surface area contributed by atoms with Crippen molar-refractivity contribution in [2.24, 2.45) is 0 Å². The molecule has 8 nitrogen and oxygen atoms in total. The number of aryl methyl sites for hydroxylation is 2. The number of nitro groups is 1. The van der Waals surface area contributed by atoms with Crippen molar-refractivity contribution in [2.45, 2.75) is 13.1 Å². The number of pyridine rings is 1. The molecule has 0 unspecified atom stereocenters. The molecule has 0 bridgehead atoms. The average Bonchev–Trinajstić information content (AvgIpc) is 2.83. The zero-order valence-electron chi connectivity index (χ0n) is 10.1. The lowest BCUT2D eigenvalue weighted by Crippen LogP contribution is -2.24. The summed E-state index contributed by atoms with van der Waals surface area (Å²) in [5.74, 6) is 0. The highest BCUT2D eigenvalue weighted by Crippen LogP contribution is 2.10. The highest BCUT2D eigenvalue weighted by Gasteiger charge is 2.13. The fraction of sp³-hybridized carbons (Fsp3) is 0.182. The Labute approximate surface area is 121 Å². The van der Waals surface area contributed by atoms with Gasteiger partial charge in [-0.15, -0.1) is 0 Å². The summed E-state index contributed by atoms with van der Waals surface area (Å²) in [5, 5.41) is 23.6. The zero-order valence-corrected chi connectivity index (χ0v) is 11.6. The maximum atomic E-state index is 11.9. The van der Waals surface area contributed by atoms with Gasteiger partial charge in [0.05, 0.1) is 28.3 Å². The molecule has 0 spiro atoms. The first-order valence-electron chi connectivity index (χ1n) is 5.48. The highest BCUT2D eigenvalue weighted by atomic mass is 79.9. The molecule has 2 rings (SSSR count). The smallest absolute Gasteiger partial charge is 0.287 e. The van der Waals surface area contributed by atoms with E-state index < -0.39 is 10.5 Å². The van der Waals surface area contributed by atoms with Gasteiger partial charge in [0.25, 0.3) is 11.2 Å². The second-order valence-corrected chi connectivity index (χ2v) is 4.82. The van der Waals surface area contributed by atoms with E-state index in [1.807, 2.05) is 0 Å². The number of hydrogen-bond donors (Lipinski definition) is 0. The predicted molar refractivity (Wildman–Crippen MR) is 72.0 cm³/mol. The number of rotatable bonds is 4. The first-order chi connectivity index (χ1) is 9.51. The Morgan fingerprint density at radius 3 is 2.75 bits per heavy atom. The second kappa shape index (κ2) is 5.66. The van der Waals surface area contributed by atoms with E-state index >= 15 is 0 Å². The van der Waals surface area contributed by atoms with Gasteiger partial charge in [0, 0.05) is 18.8 Å². The van der Waals surface area contributed by atoms with Crippen molar-refractivity contribution < 1.29 is 4.92 Å². The average molecular weight is 338 g/mol. The molecule has 0 aromatic carbocycles. The van der Waals surface area contributed by atoms with E-state index in [0.717, 1.165) is 21.3 Å². The van der Waals surface area contributed by atoms with Crippen LogP contribution in [0.25, 0.3) is 0 Å². The van der Waals surface area contributed by atoms with Gasteiger partial charge in [-0.05, 0) is 15.9 Å². The van der Waals surface area contributed by atoms with Crippen molar-refractivity contribution in [3.05, 3.63) is 55.2 Å². The fourth-order valence-corrected chi connectivity index (χ4v) is 1.96. The second-order valence-electron chi connectivity index (χ2n) is 3.90. The molecule has 0 radical (unpaired) electrons. The van der Waals surface area contributed by atoms with Crippen LogP contribution >= 0.6 is 15.9 Å². The summed E-state index contributed by atoms with van der Waals surface area (Å²) in [5.41, 5.74) is -1.09. The number of halogens is 1. The molecule has 0 aliphatic carbocycles. The summed E-state index contributed by atoms with van der Waals surface area (Å²) in [4.78, 5) is 22.0. The van der Waals surface area contributed by atoms with E-state index in [9.17, 15) is 14.9 Å². The lowest BCUT2D eigenvalue weighted by molar-refractivity contribution is -0.385. The Kier molecular flexibility index (Phi) is 3.95. The van der Waals surface area contributed by atoms with E-state index in [1.54, 1.807) is 23.1 Å². The Morgan fingerprint density at radius 1 is 1.45 bits per heavy atom. The topological polar surface area (TPSA) is 107 Å². The molecule has 0 saturated heterocycles. The lowest BCUT2D eigenvalue weighted by atomic mass is 10.2. The molecular weight excluding hydrogens is 330 g/mol. The third-order valence-corrected chi connectivity index (χ3v) is 2.98. The Hall–Kier alpha value is -2.47.